The molecule has 1 aromatic carbocycles. The summed E-state index contributed by atoms with van der Waals surface area (Å²) in [5.74, 6) is 0.203. The smallest absolute Gasteiger partial charge is 0.272 e. The topological polar surface area (TPSA) is 80.1 Å². The lowest BCUT2D eigenvalue weighted by atomic mass is 10.0. The van der Waals surface area contributed by atoms with Crippen LogP contribution in [-0.4, -0.2) is 38.0 Å². The van der Waals surface area contributed by atoms with Crippen molar-refractivity contribution in [1.82, 2.24) is 25.0 Å². The molecule has 2 amide bonds. The Kier molecular flexibility index (Phi) is 7.17. The van der Waals surface area contributed by atoms with Crippen LogP contribution in [0.2, 0.25) is 0 Å². The minimum Gasteiger partial charge on any atom is -0.345 e. The van der Waals surface area contributed by atoms with Gasteiger partial charge < -0.3 is 10.2 Å². The third kappa shape index (κ3) is 5.66. The van der Waals surface area contributed by atoms with E-state index in [9.17, 15) is 9.59 Å². The fourth-order valence-electron chi connectivity index (χ4n) is 4.19. The molecule has 0 spiro atoms. The van der Waals surface area contributed by atoms with E-state index in [2.05, 4.69) is 22.4 Å². The van der Waals surface area contributed by atoms with Crippen LogP contribution in [0.5, 0.6) is 0 Å². The fourth-order valence-corrected chi connectivity index (χ4v) is 4.19. The first-order chi connectivity index (χ1) is 16.0. The van der Waals surface area contributed by atoms with Crippen molar-refractivity contribution in [3.63, 3.8) is 0 Å². The number of pyridine rings is 1. The van der Waals surface area contributed by atoms with Crippen molar-refractivity contribution in [2.45, 2.75) is 52.7 Å². The molecule has 0 radical (unpaired) electrons. The third-order valence-corrected chi connectivity index (χ3v) is 5.90. The Hall–Kier alpha value is -3.48. The summed E-state index contributed by atoms with van der Waals surface area (Å²) < 4.78 is 1.96. The van der Waals surface area contributed by atoms with Crippen molar-refractivity contribution in [2.24, 2.45) is 5.92 Å². The molecule has 3 aromatic rings. The van der Waals surface area contributed by atoms with Crippen molar-refractivity contribution in [1.29, 1.82) is 0 Å². The lowest BCUT2D eigenvalue weighted by Crippen LogP contribution is -2.37. The van der Waals surface area contributed by atoms with Crippen molar-refractivity contribution in [3.8, 4) is 0 Å². The highest BCUT2D eigenvalue weighted by molar-refractivity contribution is 5.94. The summed E-state index contributed by atoms with van der Waals surface area (Å²) in [6.45, 7) is 6.21. The Bertz CT molecular complexity index is 1090. The number of carbonyl (C=O) groups excluding carboxylic acids is 2. The van der Waals surface area contributed by atoms with Gasteiger partial charge in [0.1, 0.15) is 0 Å². The number of amides is 2. The van der Waals surface area contributed by atoms with Gasteiger partial charge in [-0.1, -0.05) is 50.2 Å². The van der Waals surface area contributed by atoms with E-state index in [1.807, 2.05) is 59.8 Å². The molecule has 0 saturated heterocycles. The van der Waals surface area contributed by atoms with E-state index in [1.54, 1.807) is 6.20 Å². The maximum Gasteiger partial charge on any atom is 0.272 e. The summed E-state index contributed by atoms with van der Waals surface area (Å²) >= 11 is 0. The second kappa shape index (κ2) is 10.4. The second-order valence-electron chi connectivity index (χ2n) is 8.90. The van der Waals surface area contributed by atoms with Gasteiger partial charge in [0.15, 0.2) is 5.69 Å². The summed E-state index contributed by atoms with van der Waals surface area (Å²) in [4.78, 5) is 32.0. The minimum absolute atomic E-state index is 0.132. The Balaban J connectivity index is 1.55. The van der Waals surface area contributed by atoms with Gasteiger partial charge in [0.25, 0.3) is 5.91 Å². The molecular weight excluding hydrogens is 414 g/mol. The van der Waals surface area contributed by atoms with Crippen LogP contribution >= 0.6 is 0 Å². The highest BCUT2D eigenvalue weighted by Crippen LogP contribution is 2.24. The van der Waals surface area contributed by atoms with E-state index < -0.39 is 0 Å². The zero-order valence-corrected chi connectivity index (χ0v) is 19.3. The van der Waals surface area contributed by atoms with E-state index in [4.69, 9.17) is 5.10 Å². The molecule has 0 unspecified atom stereocenters. The number of aryl methyl sites for hydroxylation is 2. The molecule has 1 aliphatic rings. The van der Waals surface area contributed by atoms with E-state index in [1.165, 1.54) is 5.56 Å². The van der Waals surface area contributed by atoms with Crippen molar-refractivity contribution in [2.75, 3.05) is 6.54 Å². The maximum absolute atomic E-state index is 13.1. The average molecular weight is 446 g/mol. The molecule has 3 heterocycles. The van der Waals surface area contributed by atoms with Gasteiger partial charge in [-0.3, -0.25) is 19.3 Å². The lowest BCUT2D eigenvalue weighted by Gasteiger charge is -2.28. The minimum atomic E-state index is -0.228. The van der Waals surface area contributed by atoms with Crippen LogP contribution in [0.3, 0.4) is 0 Å². The van der Waals surface area contributed by atoms with Crippen LogP contribution in [-0.2, 0) is 37.3 Å². The molecule has 4 rings (SSSR count). The quantitative estimate of drug-likeness (QED) is 0.576. The summed E-state index contributed by atoms with van der Waals surface area (Å²) in [7, 11) is 0. The first-order valence-corrected chi connectivity index (χ1v) is 11.6. The molecule has 7 nitrogen and oxygen atoms in total. The molecule has 0 fully saturated rings. The molecule has 0 atom stereocenters. The monoisotopic (exact) mass is 445 g/mol. The van der Waals surface area contributed by atoms with Crippen molar-refractivity contribution in [3.05, 3.63) is 82.9 Å². The lowest BCUT2D eigenvalue weighted by molar-refractivity contribution is -0.132. The number of fused-ring (bicyclic) bond motifs is 1. The summed E-state index contributed by atoms with van der Waals surface area (Å²) in [6.07, 6.45) is 3.76. The van der Waals surface area contributed by atoms with Gasteiger partial charge in [-0.05, 0) is 30.0 Å². The number of hydrogen-bond donors (Lipinski definition) is 1. The molecule has 0 bridgehead atoms. The predicted octanol–water partition coefficient (Wildman–Crippen LogP) is 3.38. The van der Waals surface area contributed by atoms with Crippen LogP contribution in [0.25, 0.3) is 0 Å². The van der Waals surface area contributed by atoms with Gasteiger partial charge in [-0.25, -0.2) is 0 Å². The Morgan fingerprint density at radius 3 is 2.61 bits per heavy atom. The van der Waals surface area contributed by atoms with Gasteiger partial charge >= 0.3 is 0 Å². The maximum atomic E-state index is 13.1. The number of carbonyl (C=O) groups is 2. The van der Waals surface area contributed by atoms with E-state index in [-0.39, 0.29) is 11.8 Å². The zero-order valence-electron chi connectivity index (χ0n) is 19.3. The standard InChI is InChI=1S/C26H31N5O2/c1-19(2)16-24(32)30-14-12-23-22(18-30)25(26(33)28-17-21-10-6-7-13-27-21)29-31(23)15-11-20-8-4-3-5-9-20/h3-10,13,19H,11-12,14-18H2,1-2H3,(H,28,33). The predicted molar refractivity (Wildman–Crippen MR) is 126 cm³/mol. The number of benzene rings is 1. The number of rotatable bonds is 8. The SMILES string of the molecule is CC(C)CC(=O)N1CCc2c(c(C(=O)NCc3ccccn3)nn2CCc2ccccc2)C1. The number of aromatic nitrogens is 3. The van der Waals surface area contributed by atoms with Crippen LogP contribution in [0.1, 0.15) is 53.3 Å². The van der Waals surface area contributed by atoms with Gasteiger partial charge in [0.05, 0.1) is 12.2 Å². The van der Waals surface area contributed by atoms with Gasteiger partial charge in [-0.2, -0.15) is 5.10 Å². The summed E-state index contributed by atoms with van der Waals surface area (Å²) in [5.41, 5.74) is 4.35. The van der Waals surface area contributed by atoms with E-state index in [0.717, 1.165) is 23.4 Å². The number of hydrogen-bond acceptors (Lipinski definition) is 4. The number of nitrogens with one attached hydrogen (secondary N) is 1. The molecule has 7 heteroatoms. The Morgan fingerprint density at radius 2 is 1.88 bits per heavy atom. The Morgan fingerprint density at radius 1 is 1.09 bits per heavy atom. The first-order valence-electron chi connectivity index (χ1n) is 11.6. The van der Waals surface area contributed by atoms with E-state index >= 15 is 0 Å². The second-order valence-corrected chi connectivity index (χ2v) is 8.90. The van der Waals surface area contributed by atoms with Gasteiger partial charge in [0, 0.05) is 49.9 Å². The molecule has 172 valence electrons. The first kappa shape index (κ1) is 22.7. The highest BCUT2D eigenvalue weighted by atomic mass is 16.2. The molecule has 0 aliphatic carbocycles. The summed E-state index contributed by atoms with van der Waals surface area (Å²) in [6, 6.07) is 15.9. The van der Waals surface area contributed by atoms with Crippen LogP contribution in [0, 0.1) is 5.92 Å². The Labute approximate surface area is 194 Å². The van der Waals surface area contributed by atoms with Crippen molar-refractivity contribution < 1.29 is 9.59 Å². The van der Waals surface area contributed by atoms with Crippen molar-refractivity contribution >= 4 is 11.8 Å². The van der Waals surface area contributed by atoms with E-state index in [0.29, 0.717) is 50.6 Å². The average Bonchev–Trinajstić information content (AvgIpc) is 3.20. The van der Waals surface area contributed by atoms with Crippen LogP contribution < -0.4 is 5.32 Å². The largest absolute Gasteiger partial charge is 0.345 e. The molecule has 0 saturated carbocycles. The fraction of sp³-hybridized carbons (Fsp3) is 0.385. The van der Waals surface area contributed by atoms with Gasteiger partial charge in [0.2, 0.25) is 5.91 Å². The summed E-state index contributed by atoms with van der Waals surface area (Å²) in [5, 5.41) is 7.67. The molecule has 33 heavy (non-hydrogen) atoms. The van der Waals surface area contributed by atoms with Crippen LogP contribution in [0.15, 0.2) is 54.7 Å². The van der Waals surface area contributed by atoms with Crippen LogP contribution in [0.4, 0.5) is 0 Å². The zero-order chi connectivity index (χ0) is 23.2. The normalized spacial score (nSPS) is 13.1. The molecule has 1 N–H and O–H groups in total. The van der Waals surface area contributed by atoms with Gasteiger partial charge in [-0.15, -0.1) is 0 Å². The number of nitrogens with zero attached hydrogens (tertiary/aromatic N) is 4. The molecule has 1 aliphatic heterocycles. The molecular formula is C26H31N5O2. The molecule has 2 aromatic heterocycles. The third-order valence-electron chi connectivity index (χ3n) is 5.90. The highest BCUT2D eigenvalue weighted by Gasteiger charge is 2.30.